The molecule has 0 spiro atoms. The van der Waals surface area contributed by atoms with Crippen LogP contribution in [0, 0.1) is 17.8 Å². The van der Waals surface area contributed by atoms with E-state index in [2.05, 4.69) is 5.10 Å². The average molecular weight is 469 g/mol. The maximum absolute atomic E-state index is 13.0. The van der Waals surface area contributed by atoms with Gasteiger partial charge in [0.1, 0.15) is 17.6 Å². The van der Waals surface area contributed by atoms with Crippen LogP contribution >= 0.6 is 11.6 Å². The standard InChI is InChI=1S/C25H25ClN2O5/c26-19-8-6-15(7-9-19)20-13-21(22-5-2-10-32-22)28(27-20)23(29)14-33-25(31)18-11-16-3-1-4-17(12-18)24(16)30/h2,5-10,16-18,21H,1,3-4,11-14H2/t16-,17-,21+/m0/s1. The molecule has 0 radical (unpaired) electrons. The molecule has 2 aromatic rings. The van der Waals surface area contributed by atoms with Crippen molar-refractivity contribution >= 4 is 35.0 Å². The summed E-state index contributed by atoms with van der Waals surface area (Å²) >= 11 is 5.99. The topological polar surface area (TPSA) is 89.2 Å². The molecular formula is C25H25ClN2O5. The molecule has 5 rings (SSSR count). The number of hydrogen-bond donors (Lipinski definition) is 0. The second-order valence-electron chi connectivity index (χ2n) is 9.03. The number of nitrogens with zero attached hydrogens (tertiary/aromatic N) is 2. The van der Waals surface area contributed by atoms with Gasteiger partial charge >= 0.3 is 5.97 Å². The average Bonchev–Trinajstić information content (AvgIpc) is 3.47. The van der Waals surface area contributed by atoms with Gasteiger partial charge in [0.15, 0.2) is 6.61 Å². The van der Waals surface area contributed by atoms with E-state index < -0.39 is 24.5 Å². The molecule has 2 bridgehead atoms. The molecule has 1 aliphatic heterocycles. The third kappa shape index (κ3) is 4.47. The molecule has 3 atom stereocenters. The first kappa shape index (κ1) is 21.9. The first-order chi connectivity index (χ1) is 16.0. The van der Waals surface area contributed by atoms with Crippen molar-refractivity contribution in [1.82, 2.24) is 5.01 Å². The molecular weight excluding hydrogens is 444 g/mol. The third-order valence-corrected chi connectivity index (χ3v) is 7.19. The van der Waals surface area contributed by atoms with Gasteiger partial charge in [-0.25, -0.2) is 5.01 Å². The molecule has 8 heteroatoms. The fourth-order valence-corrected chi connectivity index (χ4v) is 5.37. The second-order valence-corrected chi connectivity index (χ2v) is 9.47. The molecule has 3 aliphatic rings. The number of fused-ring (bicyclic) bond motifs is 2. The Morgan fingerprint density at radius 1 is 1.12 bits per heavy atom. The maximum atomic E-state index is 13.0. The highest BCUT2D eigenvalue weighted by Crippen LogP contribution is 2.40. The van der Waals surface area contributed by atoms with Crippen LogP contribution in [0.3, 0.4) is 0 Å². The Bertz CT molecular complexity index is 1060. The number of ether oxygens (including phenoxy) is 1. The van der Waals surface area contributed by atoms with Crippen molar-refractivity contribution in [3.05, 3.63) is 59.0 Å². The number of benzene rings is 1. The lowest BCUT2D eigenvalue weighted by Crippen LogP contribution is -2.40. The summed E-state index contributed by atoms with van der Waals surface area (Å²) in [5.41, 5.74) is 1.59. The first-order valence-corrected chi connectivity index (χ1v) is 11.8. The highest BCUT2D eigenvalue weighted by atomic mass is 35.5. The Balaban J connectivity index is 1.27. The molecule has 2 fully saturated rings. The number of Topliss-reactive ketones (excluding diaryl/α,β-unsaturated/α-hetero) is 1. The molecule has 2 saturated carbocycles. The Morgan fingerprint density at radius 3 is 2.52 bits per heavy atom. The summed E-state index contributed by atoms with van der Waals surface area (Å²) in [6.45, 7) is -0.396. The predicted molar refractivity (Wildman–Crippen MR) is 120 cm³/mol. The van der Waals surface area contributed by atoms with E-state index in [0.29, 0.717) is 35.8 Å². The maximum Gasteiger partial charge on any atom is 0.309 e. The fraction of sp³-hybridized carbons (Fsp3) is 0.440. The molecule has 0 N–H and O–H groups in total. The normalized spacial score (nSPS) is 26.8. The number of amides is 1. The van der Waals surface area contributed by atoms with Gasteiger partial charge in [-0.1, -0.05) is 30.2 Å². The zero-order valence-electron chi connectivity index (χ0n) is 18.1. The van der Waals surface area contributed by atoms with Crippen LogP contribution in [0.15, 0.2) is 52.2 Å². The van der Waals surface area contributed by atoms with Gasteiger partial charge in [0.05, 0.1) is 17.9 Å². The van der Waals surface area contributed by atoms with Crippen molar-refractivity contribution in [2.24, 2.45) is 22.9 Å². The van der Waals surface area contributed by atoms with E-state index in [1.54, 1.807) is 30.5 Å². The number of rotatable bonds is 5. The van der Waals surface area contributed by atoms with Crippen molar-refractivity contribution < 1.29 is 23.5 Å². The molecule has 1 aromatic heterocycles. The smallest absolute Gasteiger partial charge is 0.309 e. The molecule has 0 saturated heterocycles. The molecule has 7 nitrogen and oxygen atoms in total. The van der Waals surface area contributed by atoms with Crippen LogP contribution in [0.4, 0.5) is 0 Å². The molecule has 1 amide bonds. The van der Waals surface area contributed by atoms with E-state index >= 15 is 0 Å². The van der Waals surface area contributed by atoms with E-state index in [1.165, 1.54) is 5.01 Å². The van der Waals surface area contributed by atoms with Crippen LogP contribution in [-0.2, 0) is 19.1 Å². The van der Waals surface area contributed by atoms with Gasteiger partial charge in [0.2, 0.25) is 0 Å². The predicted octanol–water partition coefficient (Wildman–Crippen LogP) is 4.55. The van der Waals surface area contributed by atoms with Crippen molar-refractivity contribution in [2.75, 3.05) is 6.61 Å². The summed E-state index contributed by atoms with van der Waals surface area (Å²) in [5.74, 6) is -0.314. The number of esters is 1. The van der Waals surface area contributed by atoms with Crippen LogP contribution in [0.2, 0.25) is 5.02 Å². The highest BCUT2D eigenvalue weighted by molar-refractivity contribution is 6.30. The number of hydrogen-bond acceptors (Lipinski definition) is 6. The van der Waals surface area contributed by atoms with Crippen LogP contribution in [-0.4, -0.2) is 35.0 Å². The van der Waals surface area contributed by atoms with Gasteiger partial charge in [-0.2, -0.15) is 5.10 Å². The zero-order chi connectivity index (χ0) is 22.9. The molecule has 2 heterocycles. The molecule has 172 valence electrons. The fourth-order valence-electron chi connectivity index (χ4n) is 5.25. The number of furan rings is 1. The third-order valence-electron chi connectivity index (χ3n) is 6.93. The summed E-state index contributed by atoms with van der Waals surface area (Å²) in [4.78, 5) is 38.0. The summed E-state index contributed by atoms with van der Waals surface area (Å²) in [7, 11) is 0. The molecule has 2 aliphatic carbocycles. The zero-order valence-corrected chi connectivity index (χ0v) is 18.9. The minimum absolute atomic E-state index is 0.0424. The van der Waals surface area contributed by atoms with E-state index in [4.69, 9.17) is 20.8 Å². The Kier molecular flexibility index (Phi) is 6.06. The second kappa shape index (κ2) is 9.14. The molecule has 1 aromatic carbocycles. The van der Waals surface area contributed by atoms with Crippen molar-refractivity contribution in [2.45, 2.75) is 44.6 Å². The number of hydrazone groups is 1. The lowest BCUT2D eigenvalue weighted by molar-refractivity contribution is -0.159. The SMILES string of the molecule is O=C(OCC(=O)N1N=C(c2ccc(Cl)cc2)C[C@@H]1c1ccco1)C1C[C@@H]2CCC[C@@H](C1)C2=O. The highest BCUT2D eigenvalue weighted by Gasteiger charge is 2.42. The van der Waals surface area contributed by atoms with E-state index in [0.717, 1.165) is 30.5 Å². The van der Waals surface area contributed by atoms with Gasteiger partial charge < -0.3 is 9.15 Å². The quantitative estimate of drug-likeness (QED) is 0.600. The minimum atomic E-state index is -0.416. The van der Waals surface area contributed by atoms with Crippen molar-refractivity contribution in [3.8, 4) is 0 Å². The van der Waals surface area contributed by atoms with Gasteiger partial charge in [0.25, 0.3) is 5.91 Å². The monoisotopic (exact) mass is 468 g/mol. The first-order valence-electron chi connectivity index (χ1n) is 11.4. The lowest BCUT2D eigenvalue weighted by Gasteiger charge is -2.36. The number of halogens is 1. The minimum Gasteiger partial charge on any atom is -0.467 e. The Hall–Kier alpha value is -2.93. The number of carbonyl (C=O) groups is 3. The lowest BCUT2D eigenvalue weighted by atomic mass is 9.67. The molecule has 33 heavy (non-hydrogen) atoms. The summed E-state index contributed by atoms with van der Waals surface area (Å²) in [5, 5.41) is 6.49. The number of ketones is 1. The van der Waals surface area contributed by atoms with E-state index in [-0.39, 0.29) is 17.8 Å². The van der Waals surface area contributed by atoms with Crippen LogP contribution < -0.4 is 0 Å². The van der Waals surface area contributed by atoms with Gasteiger partial charge in [0, 0.05) is 23.3 Å². The van der Waals surface area contributed by atoms with Crippen LogP contribution in [0.1, 0.15) is 55.9 Å². The Labute approximate surface area is 196 Å². The van der Waals surface area contributed by atoms with Gasteiger partial charge in [-0.3, -0.25) is 14.4 Å². The van der Waals surface area contributed by atoms with Crippen molar-refractivity contribution in [3.63, 3.8) is 0 Å². The Morgan fingerprint density at radius 2 is 1.85 bits per heavy atom. The molecule has 0 unspecified atom stereocenters. The van der Waals surface area contributed by atoms with Crippen LogP contribution in [0.25, 0.3) is 0 Å². The summed E-state index contributed by atoms with van der Waals surface area (Å²) in [6, 6.07) is 10.4. The van der Waals surface area contributed by atoms with Crippen molar-refractivity contribution in [1.29, 1.82) is 0 Å². The van der Waals surface area contributed by atoms with Gasteiger partial charge in [-0.15, -0.1) is 0 Å². The number of carbonyl (C=O) groups excluding carboxylic acids is 3. The largest absolute Gasteiger partial charge is 0.467 e. The summed E-state index contributed by atoms with van der Waals surface area (Å²) < 4.78 is 11.0. The van der Waals surface area contributed by atoms with E-state index in [9.17, 15) is 14.4 Å². The summed E-state index contributed by atoms with van der Waals surface area (Å²) in [6.07, 6.45) is 5.82. The van der Waals surface area contributed by atoms with E-state index in [1.807, 2.05) is 12.1 Å². The van der Waals surface area contributed by atoms with Gasteiger partial charge in [-0.05, 0) is 55.5 Å². The van der Waals surface area contributed by atoms with Crippen LogP contribution in [0.5, 0.6) is 0 Å².